The summed E-state index contributed by atoms with van der Waals surface area (Å²) in [6.45, 7) is 15.7. The highest BCUT2D eigenvalue weighted by atomic mass is 16.6. The van der Waals surface area contributed by atoms with Crippen molar-refractivity contribution in [3.05, 3.63) is 63.2 Å². The fourth-order valence-electron chi connectivity index (χ4n) is 5.30. The van der Waals surface area contributed by atoms with Crippen molar-refractivity contribution in [2.45, 2.75) is 91.1 Å². The molecule has 0 amide bonds. The number of aliphatic hydroxyl groups excluding tert-OH is 1. The fourth-order valence-corrected chi connectivity index (χ4v) is 5.30. The molecule has 2 aromatic rings. The predicted octanol–water partition coefficient (Wildman–Crippen LogP) is 5.32. The molecule has 42 heavy (non-hydrogen) atoms. The van der Waals surface area contributed by atoms with Gasteiger partial charge in [0.15, 0.2) is 0 Å². The van der Waals surface area contributed by atoms with Crippen LogP contribution in [0.1, 0.15) is 92.5 Å². The largest absolute Gasteiger partial charge is 0.507 e. The summed E-state index contributed by atoms with van der Waals surface area (Å²) in [6, 6.07) is 8.00. The minimum absolute atomic E-state index is 0.167. The van der Waals surface area contributed by atoms with Gasteiger partial charge in [-0.05, 0) is 71.0 Å². The molecule has 2 aromatic carbocycles. The van der Waals surface area contributed by atoms with Crippen molar-refractivity contribution in [3.63, 3.8) is 0 Å². The third kappa shape index (κ3) is 8.79. The molecule has 0 fully saturated rings. The van der Waals surface area contributed by atoms with Gasteiger partial charge in [-0.25, -0.2) is 0 Å². The Labute approximate surface area is 250 Å². The molecule has 2 N–H and O–H groups in total. The lowest BCUT2D eigenvalue weighted by molar-refractivity contribution is -0.146. The van der Waals surface area contributed by atoms with Crippen LogP contribution in [-0.4, -0.2) is 61.8 Å². The molecule has 0 heterocycles. The lowest BCUT2D eigenvalue weighted by Crippen LogP contribution is -2.39. The van der Waals surface area contributed by atoms with E-state index in [1.165, 1.54) is 0 Å². The molecule has 8 heteroatoms. The van der Waals surface area contributed by atoms with Crippen molar-refractivity contribution >= 4 is 11.9 Å². The third-order valence-corrected chi connectivity index (χ3v) is 7.86. The fraction of sp³-hybridized carbons (Fsp3) is 0.588. The standard InChI is InChI=1S/C34H48O8/c1-22-18-24(20-26-30(22)32(38)34(26,6)7)8-10-28(35)41-16-14-39-12-13-40-15-17-42-29(36)11-9-25-19-23(2)31(37)27(21-25)33(3,4)5/h18-21,32,37-38H,8-17H2,1-7H3. The van der Waals surface area contributed by atoms with Crippen molar-refractivity contribution in [1.29, 1.82) is 0 Å². The van der Waals surface area contributed by atoms with E-state index in [9.17, 15) is 19.8 Å². The van der Waals surface area contributed by atoms with Crippen LogP contribution in [0.3, 0.4) is 0 Å². The van der Waals surface area contributed by atoms with Crippen LogP contribution >= 0.6 is 0 Å². The number of rotatable bonds is 15. The van der Waals surface area contributed by atoms with Gasteiger partial charge in [0.25, 0.3) is 0 Å². The van der Waals surface area contributed by atoms with E-state index < -0.39 is 6.10 Å². The molecule has 0 aromatic heterocycles. The number of phenolic OH excluding ortho intramolecular Hbond substituents is 1. The summed E-state index contributed by atoms with van der Waals surface area (Å²) >= 11 is 0. The molecule has 0 bridgehead atoms. The first-order valence-corrected chi connectivity index (χ1v) is 14.8. The number of hydrogen-bond acceptors (Lipinski definition) is 8. The SMILES string of the molecule is Cc1cc(CCC(=O)OCCOCCOCCOC(=O)CCc2cc(C)c3c(c2)C(C)(C)C3O)cc(C(C)(C)C)c1O. The molecule has 1 unspecified atom stereocenters. The highest BCUT2D eigenvalue weighted by Crippen LogP contribution is 2.51. The Morgan fingerprint density at radius 2 is 1.26 bits per heavy atom. The summed E-state index contributed by atoms with van der Waals surface area (Å²) in [7, 11) is 0. The summed E-state index contributed by atoms with van der Waals surface area (Å²) < 4.78 is 21.4. The number of hydrogen-bond donors (Lipinski definition) is 2. The van der Waals surface area contributed by atoms with Gasteiger partial charge < -0.3 is 29.2 Å². The maximum atomic E-state index is 12.1. The number of aliphatic hydroxyl groups is 1. The molecule has 1 aliphatic carbocycles. The van der Waals surface area contributed by atoms with Gasteiger partial charge in [0, 0.05) is 18.3 Å². The molecule has 3 rings (SSSR count). The predicted molar refractivity (Wildman–Crippen MR) is 161 cm³/mol. The smallest absolute Gasteiger partial charge is 0.306 e. The second-order valence-corrected chi connectivity index (χ2v) is 12.7. The Hall–Kier alpha value is -2.94. The number of phenols is 1. The maximum absolute atomic E-state index is 12.1. The van der Waals surface area contributed by atoms with Gasteiger partial charge >= 0.3 is 11.9 Å². The van der Waals surface area contributed by atoms with Crippen LogP contribution in [0, 0.1) is 13.8 Å². The van der Waals surface area contributed by atoms with Crippen molar-refractivity contribution in [2.24, 2.45) is 0 Å². The lowest BCUT2D eigenvalue weighted by Gasteiger charge is -2.45. The minimum Gasteiger partial charge on any atom is -0.507 e. The molecule has 1 aliphatic rings. The second-order valence-electron chi connectivity index (χ2n) is 12.7. The molecule has 0 radical (unpaired) electrons. The van der Waals surface area contributed by atoms with E-state index in [4.69, 9.17) is 18.9 Å². The van der Waals surface area contributed by atoms with Gasteiger partial charge in [-0.15, -0.1) is 0 Å². The van der Waals surface area contributed by atoms with Crippen LogP contribution in [0.2, 0.25) is 0 Å². The van der Waals surface area contributed by atoms with Gasteiger partial charge in [0.05, 0.1) is 32.5 Å². The monoisotopic (exact) mass is 584 g/mol. The average molecular weight is 585 g/mol. The Kier molecular flexibility index (Phi) is 11.6. The second kappa shape index (κ2) is 14.5. The zero-order valence-electron chi connectivity index (χ0n) is 26.3. The van der Waals surface area contributed by atoms with Crippen LogP contribution in [0.25, 0.3) is 0 Å². The van der Waals surface area contributed by atoms with Gasteiger partial charge in [-0.1, -0.05) is 58.9 Å². The molecule has 0 aliphatic heterocycles. The quantitative estimate of drug-likeness (QED) is 0.214. The highest BCUT2D eigenvalue weighted by Gasteiger charge is 2.44. The van der Waals surface area contributed by atoms with E-state index in [1.54, 1.807) is 0 Å². The van der Waals surface area contributed by atoms with Crippen LogP contribution in [0.15, 0.2) is 24.3 Å². The molecule has 8 nitrogen and oxygen atoms in total. The number of ether oxygens (including phenoxy) is 4. The molecule has 0 saturated heterocycles. The maximum Gasteiger partial charge on any atom is 0.306 e. The van der Waals surface area contributed by atoms with Crippen LogP contribution in [-0.2, 0) is 52.2 Å². The number of esters is 2. The van der Waals surface area contributed by atoms with E-state index in [0.29, 0.717) is 31.8 Å². The third-order valence-electron chi connectivity index (χ3n) is 7.86. The van der Waals surface area contributed by atoms with E-state index >= 15 is 0 Å². The first kappa shape index (κ1) is 33.6. The molecule has 0 saturated carbocycles. The molecule has 0 spiro atoms. The number of aromatic hydroxyl groups is 1. The highest BCUT2D eigenvalue weighted by molar-refractivity contribution is 5.70. The molecular weight excluding hydrogens is 536 g/mol. The number of carbonyl (C=O) groups excluding carboxylic acids is 2. The van der Waals surface area contributed by atoms with Crippen molar-refractivity contribution in [3.8, 4) is 5.75 Å². The van der Waals surface area contributed by atoms with Crippen molar-refractivity contribution < 1.29 is 38.7 Å². The summed E-state index contributed by atoms with van der Waals surface area (Å²) in [4.78, 5) is 24.2. The van der Waals surface area contributed by atoms with Crippen molar-refractivity contribution in [2.75, 3.05) is 39.6 Å². The first-order valence-electron chi connectivity index (χ1n) is 14.8. The Bertz CT molecular complexity index is 1240. The summed E-state index contributed by atoms with van der Waals surface area (Å²) in [5, 5.41) is 20.7. The number of benzene rings is 2. The van der Waals surface area contributed by atoms with Crippen LogP contribution < -0.4 is 0 Å². The topological polar surface area (TPSA) is 112 Å². The Morgan fingerprint density at radius 3 is 1.79 bits per heavy atom. The van der Waals surface area contributed by atoms with E-state index in [-0.39, 0.29) is 62.0 Å². The van der Waals surface area contributed by atoms with E-state index in [0.717, 1.165) is 38.9 Å². The first-order chi connectivity index (χ1) is 19.7. The minimum atomic E-state index is -0.435. The van der Waals surface area contributed by atoms with Crippen LogP contribution in [0.5, 0.6) is 5.75 Å². The average Bonchev–Trinajstić information content (AvgIpc) is 2.92. The Balaban J connectivity index is 1.19. The van der Waals surface area contributed by atoms with Gasteiger partial charge in [0.2, 0.25) is 0 Å². The van der Waals surface area contributed by atoms with E-state index in [1.807, 2.05) is 66.7 Å². The number of aryl methyl sites for hydroxylation is 4. The van der Waals surface area contributed by atoms with E-state index in [2.05, 4.69) is 6.07 Å². The van der Waals surface area contributed by atoms with Gasteiger partial charge in [0.1, 0.15) is 19.0 Å². The van der Waals surface area contributed by atoms with Crippen molar-refractivity contribution in [1.82, 2.24) is 0 Å². The summed E-state index contributed by atoms with van der Waals surface area (Å²) in [5.74, 6) is -0.255. The summed E-state index contributed by atoms with van der Waals surface area (Å²) in [5.41, 5.74) is 6.53. The summed E-state index contributed by atoms with van der Waals surface area (Å²) in [6.07, 6.45) is 1.24. The van der Waals surface area contributed by atoms with Crippen LogP contribution in [0.4, 0.5) is 0 Å². The molecular formula is C34H48O8. The zero-order chi connectivity index (χ0) is 31.1. The Morgan fingerprint density at radius 1 is 0.786 bits per heavy atom. The normalized spacial score (nSPS) is 15.6. The van der Waals surface area contributed by atoms with Gasteiger partial charge in [-0.3, -0.25) is 9.59 Å². The number of carbonyl (C=O) groups is 2. The van der Waals surface area contributed by atoms with Gasteiger partial charge in [-0.2, -0.15) is 0 Å². The molecule has 232 valence electrons. The number of fused-ring (bicyclic) bond motifs is 1. The molecule has 1 atom stereocenters. The zero-order valence-corrected chi connectivity index (χ0v) is 26.3. The lowest BCUT2D eigenvalue weighted by atomic mass is 9.62.